The van der Waals surface area contributed by atoms with Gasteiger partial charge in [0.25, 0.3) is 15.9 Å². The van der Waals surface area contributed by atoms with Crippen molar-refractivity contribution in [2.75, 3.05) is 48.7 Å². The summed E-state index contributed by atoms with van der Waals surface area (Å²) in [6, 6.07) is 29.9. The Labute approximate surface area is 257 Å². The normalized spacial score (nSPS) is 13.7. The van der Waals surface area contributed by atoms with Gasteiger partial charge in [-0.1, -0.05) is 54.6 Å². The standard InChI is InChI=1S/C34H34N4O5S/c1-4-43-34(40)25-15-20-29-30(23-25)36-33(39)31(29)32(24-11-7-5-8-12-24)35-26-16-18-27(19-17-26)38(22-21-37(2)3)44(41,42)28-13-9-6-10-14-28/h5-20,23,35H,4,21-22H2,1-3H3,(H,36,39). The van der Waals surface area contributed by atoms with Crippen molar-refractivity contribution in [1.82, 2.24) is 4.90 Å². The van der Waals surface area contributed by atoms with E-state index < -0.39 is 16.0 Å². The molecule has 0 spiro atoms. The molecule has 1 aliphatic heterocycles. The molecule has 0 aromatic heterocycles. The molecule has 0 saturated heterocycles. The van der Waals surface area contributed by atoms with Crippen LogP contribution in [0.4, 0.5) is 17.1 Å². The van der Waals surface area contributed by atoms with E-state index in [1.54, 1.807) is 79.7 Å². The molecule has 1 heterocycles. The lowest BCUT2D eigenvalue weighted by atomic mass is 9.99. The number of esters is 1. The van der Waals surface area contributed by atoms with E-state index in [9.17, 15) is 18.0 Å². The zero-order valence-corrected chi connectivity index (χ0v) is 25.6. The number of nitrogens with one attached hydrogen (secondary N) is 2. The minimum atomic E-state index is -3.80. The first-order chi connectivity index (χ1) is 21.2. The molecule has 0 saturated carbocycles. The number of rotatable bonds is 11. The first-order valence-corrected chi connectivity index (χ1v) is 15.6. The molecule has 0 radical (unpaired) electrons. The Balaban J connectivity index is 1.52. The Bertz CT molecular complexity index is 1790. The Kier molecular flexibility index (Phi) is 9.12. The highest BCUT2D eigenvalue weighted by atomic mass is 32.2. The largest absolute Gasteiger partial charge is 0.462 e. The SMILES string of the molecule is CCOC(=O)c1ccc2c(c1)NC(=O)C2=C(Nc1ccc(N(CCN(C)C)S(=O)(=O)c2ccccc2)cc1)c1ccccc1. The Hall–Kier alpha value is -4.93. The summed E-state index contributed by atoms with van der Waals surface area (Å²) < 4.78 is 33.8. The average molecular weight is 611 g/mol. The molecule has 1 aliphatic rings. The summed E-state index contributed by atoms with van der Waals surface area (Å²) in [5.41, 5.74) is 4.47. The number of benzene rings is 4. The summed E-state index contributed by atoms with van der Waals surface area (Å²) in [7, 11) is -0.0114. The Morgan fingerprint density at radius 3 is 2.14 bits per heavy atom. The van der Waals surface area contributed by atoms with Crippen molar-refractivity contribution in [2.24, 2.45) is 0 Å². The molecule has 9 nitrogen and oxygen atoms in total. The van der Waals surface area contributed by atoms with Gasteiger partial charge in [0.15, 0.2) is 0 Å². The minimum Gasteiger partial charge on any atom is -0.462 e. The highest BCUT2D eigenvalue weighted by Gasteiger charge is 2.30. The molecule has 0 bridgehead atoms. The molecule has 2 N–H and O–H groups in total. The summed E-state index contributed by atoms with van der Waals surface area (Å²) in [6.07, 6.45) is 0. The van der Waals surface area contributed by atoms with Crippen molar-refractivity contribution >= 4 is 50.2 Å². The van der Waals surface area contributed by atoms with E-state index in [1.165, 1.54) is 4.31 Å². The second-order valence-electron chi connectivity index (χ2n) is 10.4. The van der Waals surface area contributed by atoms with Crippen LogP contribution in [0, 0.1) is 0 Å². The summed E-state index contributed by atoms with van der Waals surface area (Å²) in [6.45, 7) is 2.78. The van der Waals surface area contributed by atoms with Crippen LogP contribution >= 0.6 is 0 Å². The topological polar surface area (TPSA) is 108 Å². The molecule has 0 fully saturated rings. The van der Waals surface area contributed by atoms with Crippen LogP contribution in [0.25, 0.3) is 11.3 Å². The van der Waals surface area contributed by atoms with Crippen LogP contribution in [0.1, 0.15) is 28.4 Å². The predicted octanol–water partition coefficient (Wildman–Crippen LogP) is 5.55. The van der Waals surface area contributed by atoms with Gasteiger partial charge in [0.1, 0.15) is 0 Å². The fraction of sp³-hybridized carbons (Fsp3) is 0.176. The molecular formula is C34H34N4O5S. The molecule has 0 aliphatic carbocycles. The van der Waals surface area contributed by atoms with Gasteiger partial charge in [0, 0.05) is 24.3 Å². The molecule has 10 heteroatoms. The average Bonchev–Trinajstić information content (AvgIpc) is 3.36. The van der Waals surface area contributed by atoms with Crippen molar-refractivity contribution in [3.8, 4) is 0 Å². The first kappa shape index (κ1) is 30.5. The van der Waals surface area contributed by atoms with Gasteiger partial charge in [-0.05, 0) is 75.1 Å². The third kappa shape index (κ3) is 6.51. The van der Waals surface area contributed by atoms with E-state index in [0.29, 0.717) is 46.0 Å². The molecule has 1 amide bonds. The molecule has 4 aromatic carbocycles. The van der Waals surface area contributed by atoms with E-state index in [2.05, 4.69) is 10.6 Å². The number of sulfonamides is 1. The van der Waals surface area contributed by atoms with Crippen LogP contribution in [-0.2, 0) is 19.6 Å². The number of fused-ring (bicyclic) bond motifs is 1. The number of amides is 1. The van der Waals surface area contributed by atoms with Gasteiger partial charge >= 0.3 is 5.97 Å². The lowest BCUT2D eigenvalue weighted by Crippen LogP contribution is -2.36. The monoisotopic (exact) mass is 610 g/mol. The molecule has 0 atom stereocenters. The van der Waals surface area contributed by atoms with E-state index in [4.69, 9.17) is 4.74 Å². The number of hydrogen-bond acceptors (Lipinski definition) is 7. The van der Waals surface area contributed by atoms with Gasteiger partial charge < -0.3 is 20.3 Å². The van der Waals surface area contributed by atoms with Crippen molar-refractivity contribution in [3.05, 3.63) is 120 Å². The summed E-state index contributed by atoms with van der Waals surface area (Å²) in [5, 5.41) is 6.28. The smallest absolute Gasteiger partial charge is 0.338 e. The van der Waals surface area contributed by atoms with Gasteiger partial charge in [-0.25, -0.2) is 13.2 Å². The molecule has 0 unspecified atom stereocenters. The van der Waals surface area contributed by atoms with Gasteiger partial charge in [0.2, 0.25) is 0 Å². The van der Waals surface area contributed by atoms with Crippen molar-refractivity contribution in [2.45, 2.75) is 11.8 Å². The third-order valence-corrected chi connectivity index (χ3v) is 8.94. The van der Waals surface area contributed by atoms with Gasteiger partial charge in [0.05, 0.1) is 39.7 Å². The number of carbonyl (C=O) groups excluding carboxylic acids is 2. The zero-order chi connectivity index (χ0) is 31.3. The van der Waals surface area contributed by atoms with Crippen LogP contribution in [-0.4, -0.2) is 59.0 Å². The van der Waals surface area contributed by atoms with Gasteiger partial charge in [-0.15, -0.1) is 0 Å². The maximum atomic E-state index is 13.6. The fourth-order valence-corrected chi connectivity index (χ4v) is 6.38. The summed E-state index contributed by atoms with van der Waals surface area (Å²) in [4.78, 5) is 27.8. The van der Waals surface area contributed by atoms with Gasteiger partial charge in [-0.2, -0.15) is 0 Å². The number of carbonyl (C=O) groups is 2. The number of hydrogen-bond donors (Lipinski definition) is 2. The third-order valence-electron chi connectivity index (χ3n) is 7.09. The molecular weight excluding hydrogens is 576 g/mol. The van der Waals surface area contributed by atoms with Crippen molar-refractivity contribution < 1.29 is 22.7 Å². The van der Waals surface area contributed by atoms with Crippen LogP contribution in [0.5, 0.6) is 0 Å². The van der Waals surface area contributed by atoms with E-state index >= 15 is 0 Å². The lowest BCUT2D eigenvalue weighted by molar-refractivity contribution is -0.110. The molecule has 4 aromatic rings. The minimum absolute atomic E-state index is 0.217. The highest BCUT2D eigenvalue weighted by Crippen LogP contribution is 2.38. The first-order valence-electron chi connectivity index (χ1n) is 14.2. The summed E-state index contributed by atoms with van der Waals surface area (Å²) in [5.74, 6) is -0.773. The highest BCUT2D eigenvalue weighted by molar-refractivity contribution is 7.92. The van der Waals surface area contributed by atoms with Crippen LogP contribution in [0.2, 0.25) is 0 Å². The second kappa shape index (κ2) is 13.2. The molecule has 5 rings (SSSR count). The number of anilines is 3. The number of nitrogens with zero attached hydrogens (tertiary/aromatic N) is 2. The van der Waals surface area contributed by atoms with Crippen molar-refractivity contribution in [1.29, 1.82) is 0 Å². The summed E-state index contributed by atoms with van der Waals surface area (Å²) >= 11 is 0. The zero-order valence-electron chi connectivity index (χ0n) is 24.8. The van der Waals surface area contributed by atoms with E-state index in [0.717, 1.165) is 5.56 Å². The maximum absolute atomic E-state index is 13.6. The van der Waals surface area contributed by atoms with Crippen molar-refractivity contribution in [3.63, 3.8) is 0 Å². The fourth-order valence-electron chi connectivity index (χ4n) is 4.90. The quantitative estimate of drug-likeness (QED) is 0.169. The lowest BCUT2D eigenvalue weighted by Gasteiger charge is -2.26. The van der Waals surface area contributed by atoms with E-state index in [-0.39, 0.29) is 24.0 Å². The Morgan fingerprint density at radius 1 is 0.841 bits per heavy atom. The van der Waals surface area contributed by atoms with Crippen LogP contribution in [0.15, 0.2) is 108 Å². The predicted molar refractivity (Wildman–Crippen MR) is 174 cm³/mol. The number of likely N-dealkylation sites (N-methyl/N-ethyl adjacent to an activating group) is 1. The number of ether oxygens (including phenoxy) is 1. The van der Waals surface area contributed by atoms with Crippen LogP contribution in [0.3, 0.4) is 0 Å². The molecule has 226 valence electrons. The van der Waals surface area contributed by atoms with Gasteiger partial charge in [-0.3, -0.25) is 9.10 Å². The second-order valence-corrected chi connectivity index (χ2v) is 12.3. The Morgan fingerprint density at radius 2 is 1.50 bits per heavy atom. The maximum Gasteiger partial charge on any atom is 0.338 e. The molecule has 44 heavy (non-hydrogen) atoms. The van der Waals surface area contributed by atoms with E-state index in [1.807, 2.05) is 49.3 Å². The van der Waals surface area contributed by atoms with Crippen LogP contribution < -0.4 is 14.9 Å².